The van der Waals surface area contributed by atoms with Crippen molar-refractivity contribution >= 4 is 11.9 Å². The topological polar surface area (TPSA) is 82.1 Å². The molecule has 0 bridgehead atoms. The standard InChI is InChI=1S/C41H65N3O4/c1-36(2)17-19-41(35(47)42-28-34(46)48-26-10-9-21-44-24-22-43(8)23-25-44)20-18-39(6)29(30(41)27-36)11-12-32-38(5)15-14-33(45)37(3,4)31(38)13-16-40(32,39)7/h11,30-33,45H,12-28H2,1-8H3,(H,42,47)/t30-,31-,32+,33-,38-,39+,40+,41-/m0/s1. The second-order valence-electron chi connectivity index (χ2n) is 19.0. The predicted molar refractivity (Wildman–Crippen MR) is 191 cm³/mol. The second-order valence-corrected chi connectivity index (χ2v) is 19.0. The zero-order chi connectivity index (χ0) is 34.8. The molecule has 0 spiro atoms. The molecule has 0 aromatic rings. The lowest BCUT2D eigenvalue weighted by atomic mass is 9.33. The van der Waals surface area contributed by atoms with E-state index in [-0.39, 0.29) is 58.2 Å². The Morgan fingerprint density at radius 1 is 0.917 bits per heavy atom. The summed E-state index contributed by atoms with van der Waals surface area (Å²) in [7, 11) is 2.14. The number of fused-ring (bicyclic) bond motifs is 7. The average Bonchev–Trinajstić information content (AvgIpc) is 3.02. The zero-order valence-corrected chi connectivity index (χ0v) is 31.5. The molecule has 0 aromatic carbocycles. The number of nitrogens with zero attached hydrogens (tertiary/aromatic N) is 2. The first-order chi connectivity index (χ1) is 22.5. The van der Waals surface area contributed by atoms with Crippen LogP contribution in [-0.4, -0.2) is 85.8 Å². The maximum absolute atomic E-state index is 14.3. The molecule has 7 heteroatoms. The van der Waals surface area contributed by atoms with Gasteiger partial charge in [-0.3, -0.25) is 14.5 Å². The third kappa shape index (κ3) is 5.88. The van der Waals surface area contributed by atoms with E-state index in [0.717, 1.165) is 77.5 Å². The van der Waals surface area contributed by atoms with E-state index in [1.54, 1.807) is 0 Å². The summed E-state index contributed by atoms with van der Waals surface area (Å²) in [5.74, 6) is 7.02. The van der Waals surface area contributed by atoms with Crippen LogP contribution in [0.5, 0.6) is 0 Å². The Kier molecular flexibility index (Phi) is 9.52. The minimum Gasteiger partial charge on any atom is -0.451 e. The van der Waals surface area contributed by atoms with Gasteiger partial charge in [0.2, 0.25) is 5.91 Å². The van der Waals surface area contributed by atoms with E-state index in [1.807, 2.05) is 0 Å². The maximum atomic E-state index is 14.3. The number of ether oxygens (including phenoxy) is 1. The van der Waals surface area contributed by atoms with Crippen molar-refractivity contribution in [3.8, 4) is 11.8 Å². The molecule has 0 aromatic heterocycles. The van der Waals surface area contributed by atoms with Crippen molar-refractivity contribution in [2.45, 2.75) is 119 Å². The zero-order valence-electron chi connectivity index (χ0n) is 31.5. The minimum absolute atomic E-state index is 0.0354. The number of allylic oxidation sites excluding steroid dienone is 2. The van der Waals surface area contributed by atoms with Crippen LogP contribution in [-0.2, 0) is 14.3 Å². The lowest BCUT2D eigenvalue weighted by Crippen LogP contribution is -2.65. The summed E-state index contributed by atoms with van der Waals surface area (Å²) in [5, 5.41) is 14.1. The van der Waals surface area contributed by atoms with Crippen LogP contribution in [0.25, 0.3) is 0 Å². The number of likely N-dealkylation sites (N-methyl/N-ethyl adjacent to an activating group) is 1. The average molecular weight is 664 g/mol. The normalized spacial score (nSPS) is 42.0. The summed E-state index contributed by atoms with van der Waals surface area (Å²) in [5.41, 5.74) is 1.54. The fourth-order valence-electron chi connectivity index (χ4n) is 12.4. The van der Waals surface area contributed by atoms with Crippen molar-refractivity contribution in [2.75, 3.05) is 52.9 Å². The van der Waals surface area contributed by atoms with Crippen LogP contribution in [0.4, 0.5) is 0 Å². The number of carbonyl (C=O) groups excluding carboxylic acids is 2. The molecule has 0 unspecified atom stereocenters. The Hall–Kier alpha value is -1.88. The first-order valence-corrected chi connectivity index (χ1v) is 19.2. The highest BCUT2D eigenvalue weighted by atomic mass is 16.5. The largest absolute Gasteiger partial charge is 0.451 e. The molecule has 2 N–H and O–H groups in total. The van der Waals surface area contributed by atoms with E-state index < -0.39 is 11.4 Å². The number of amides is 1. The van der Waals surface area contributed by atoms with E-state index in [0.29, 0.717) is 18.4 Å². The number of carbonyl (C=O) groups is 2. The fourth-order valence-corrected chi connectivity index (χ4v) is 12.4. The Bertz CT molecular complexity index is 1350. The second kappa shape index (κ2) is 12.7. The number of piperazine rings is 1. The van der Waals surface area contributed by atoms with Gasteiger partial charge in [0.15, 0.2) is 6.61 Å². The number of aliphatic hydroxyl groups excluding tert-OH is 1. The molecule has 1 amide bonds. The van der Waals surface area contributed by atoms with Gasteiger partial charge in [0.05, 0.1) is 18.1 Å². The highest BCUT2D eigenvalue weighted by Gasteiger charge is 2.69. The van der Waals surface area contributed by atoms with Gasteiger partial charge in [-0.05, 0) is 116 Å². The van der Waals surface area contributed by atoms with E-state index >= 15 is 0 Å². The van der Waals surface area contributed by atoms with Crippen LogP contribution in [0, 0.1) is 62.1 Å². The molecule has 1 aliphatic heterocycles. The molecule has 4 saturated carbocycles. The van der Waals surface area contributed by atoms with Gasteiger partial charge in [-0.25, -0.2) is 0 Å². The van der Waals surface area contributed by atoms with Gasteiger partial charge in [-0.1, -0.05) is 72.0 Å². The van der Waals surface area contributed by atoms with Crippen LogP contribution in [0.1, 0.15) is 113 Å². The van der Waals surface area contributed by atoms with E-state index in [4.69, 9.17) is 4.74 Å². The third-order valence-corrected chi connectivity index (χ3v) is 15.8. The van der Waals surface area contributed by atoms with E-state index in [2.05, 4.69) is 88.5 Å². The molecule has 1 saturated heterocycles. The van der Waals surface area contributed by atoms with Crippen LogP contribution in [0.2, 0.25) is 0 Å². The molecule has 5 fully saturated rings. The Labute approximate surface area is 291 Å². The monoisotopic (exact) mass is 663 g/mol. The molecule has 0 radical (unpaired) electrons. The molecule has 5 aliphatic carbocycles. The van der Waals surface area contributed by atoms with Crippen molar-refractivity contribution in [1.29, 1.82) is 0 Å². The summed E-state index contributed by atoms with van der Waals surface area (Å²) in [6.07, 6.45) is 12.6. The number of hydrogen-bond acceptors (Lipinski definition) is 6. The molecule has 7 nitrogen and oxygen atoms in total. The highest BCUT2D eigenvalue weighted by molar-refractivity contribution is 5.87. The quantitative estimate of drug-likeness (QED) is 0.212. The Morgan fingerprint density at radius 2 is 1.62 bits per heavy atom. The van der Waals surface area contributed by atoms with Crippen molar-refractivity contribution in [1.82, 2.24) is 15.1 Å². The summed E-state index contributed by atoms with van der Waals surface area (Å²) < 4.78 is 5.42. The summed E-state index contributed by atoms with van der Waals surface area (Å²) in [6, 6.07) is 0. The molecular weight excluding hydrogens is 598 g/mol. The van der Waals surface area contributed by atoms with Gasteiger partial charge in [0, 0.05) is 26.2 Å². The number of nitrogens with one attached hydrogen (secondary N) is 1. The smallest absolute Gasteiger partial charge is 0.326 e. The molecular formula is C41H65N3O4. The minimum atomic E-state index is -0.481. The molecule has 48 heavy (non-hydrogen) atoms. The lowest BCUT2D eigenvalue weighted by molar-refractivity contribution is -0.203. The lowest BCUT2D eigenvalue weighted by Gasteiger charge is -2.71. The highest BCUT2D eigenvalue weighted by Crippen LogP contribution is 2.75. The van der Waals surface area contributed by atoms with Gasteiger partial charge in [0.1, 0.15) is 6.54 Å². The fraction of sp³-hybridized carbons (Fsp3) is 0.854. The Morgan fingerprint density at radius 3 is 2.35 bits per heavy atom. The molecule has 6 aliphatic rings. The number of hydrogen-bond donors (Lipinski definition) is 2. The summed E-state index contributed by atoms with van der Waals surface area (Å²) in [4.78, 5) is 31.7. The van der Waals surface area contributed by atoms with Gasteiger partial charge in [0.25, 0.3) is 0 Å². The van der Waals surface area contributed by atoms with Crippen LogP contribution in [0.15, 0.2) is 11.6 Å². The van der Waals surface area contributed by atoms with Crippen molar-refractivity contribution in [3.63, 3.8) is 0 Å². The molecule has 268 valence electrons. The van der Waals surface area contributed by atoms with Gasteiger partial charge < -0.3 is 20.1 Å². The maximum Gasteiger partial charge on any atom is 0.326 e. The first kappa shape index (κ1) is 35.9. The SMILES string of the molecule is CN1CCN(CC#CCOC(=O)CNC(=O)[C@]23CCC(C)(C)C[C@H]2C2=CC[C@@H]4[C@@]5(C)CC[C@H](O)C(C)(C)[C@@H]5CC[C@@]4(C)[C@]2(C)CC3)CC1. The predicted octanol–water partition coefficient (Wildman–Crippen LogP) is 6.06. The van der Waals surface area contributed by atoms with Crippen LogP contribution >= 0.6 is 0 Å². The van der Waals surface area contributed by atoms with Crippen molar-refractivity contribution in [2.24, 2.45) is 50.2 Å². The Balaban J connectivity index is 1.16. The van der Waals surface area contributed by atoms with E-state index in [1.165, 1.54) is 18.4 Å². The molecule has 6 rings (SSSR count). The van der Waals surface area contributed by atoms with Crippen molar-refractivity contribution in [3.05, 3.63) is 11.6 Å². The van der Waals surface area contributed by atoms with Gasteiger partial charge in [-0.2, -0.15) is 0 Å². The molecule has 8 atom stereocenters. The van der Waals surface area contributed by atoms with Crippen LogP contribution < -0.4 is 5.32 Å². The summed E-state index contributed by atoms with van der Waals surface area (Å²) in [6.45, 7) is 21.8. The van der Waals surface area contributed by atoms with Crippen LogP contribution in [0.3, 0.4) is 0 Å². The van der Waals surface area contributed by atoms with Gasteiger partial charge in [-0.15, -0.1) is 0 Å². The first-order valence-electron chi connectivity index (χ1n) is 19.2. The van der Waals surface area contributed by atoms with Crippen molar-refractivity contribution < 1.29 is 19.4 Å². The third-order valence-electron chi connectivity index (χ3n) is 15.8. The van der Waals surface area contributed by atoms with Gasteiger partial charge >= 0.3 is 5.97 Å². The molecule has 1 heterocycles. The number of aliphatic hydroxyl groups is 1. The van der Waals surface area contributed by atoms with E-state index in [9.17, 15) is 14.7 Å². The number of esters is 1. The number of rotatable bonds is 5. The summed E-state index contributed by atoms with van der Waals surface area (Å²) >= 11 is 0.